The van der Waals surface area contributed by atoms with E-state index in [1.54, 1.807) is 20.8 Å². The monoisotopic (exact) mass is 338 g/mol. The van der Waals surface area contributed by atoms with Crippen molar-refractivity contribution in [2.45, 2.75) is 63.6 Å². The van der Waals surface area contributed by atoms with E-state index in [-0.39, 0.29) is 11.9 Å². The maximum absolute atomic E-state index is 13.9. The predicted octanol–water partition coefficient (Wildman–Crippen LogP) is 3.30. The zero-order valence-electron chi connectivity index (χ0n) is 14.6. The lowest BCUT2D eigenvalue weighted by molar-refractivity contribution is 0.0634. The second-order valence-corrected chi connectivity index (χ2v) is 7.53. The van der Waals surface area contributed by atoms with Gasteiger partial charge in [0.05, 0.1) is 6.10 Å². The molecule has 0 saturated heterocycles. The van der Waals surface area contributed by atoms with Gasteiger partial charge in [0.1, 0.15) is 11.4 Å². The summed E-state index contributed by atoms with van der Waals surface area (Å²) in [6.45, 7) is 5.67. The summed E-state index contributed by atoms with van der Waals surface area (Å²) in [5, 5.41) is 12.5. The van der Waals surface area contributed by atoms with Crippen molar-refractivity contribution in [3.63, 3.8) is 0 Å². The van der Waals surface area contributed by atoms with Gasteiger partial charge in [0, 0.05) is 17.6 Å². The molecular weight excluding hydrogens is 311 g/mol. The van der Waals surface area contributed by atoms with Crippen molar-refractivity contribution in [3.8, 4) is 0 Å². The Morgan fingerprint density at radius 1 is 1.42 bits per heavy atom. The van der Waals surface area contributed by atoms with Crippen LogP contribution in [-0.4, -0.2) is 29.4 Å². The molecule has 0 spiro atoms. The molecule has 134 valence electrons. The van der Waals surface area contributed by atoms with Crippen LogP contribution in [0.1, 0.15) is 52.0 Å². The highest BCUT2D eigenvalue weighted by atomic mass is 19.1. The summed E-state index contributed by atoms with van der Waals surface area (Å²) in [6, 6.07) is 4.27. The molecule has 0 radical (unpaired) electrons. The van der Waals surface area contributed by atoms with Gasteiger partial charge in [-0.25, -0.2) is 9.18 Å². The molecule has 6 heteroatoms. The minimum Gasteiger partial charge on any atom is -0.444 e. The van der Waals surface area contributed by atoms with E-state index in [1.807, 2.05) is 0 Å². The third kappa shape index (κ3) is 4.45. The summed E-state index contributed by atoms with van der Waals surface area (Å²) < 4.78 is 19.1. The van der Waals surface area contributed by atoms with Gasteiger partial charge in [-0.05, 0) is 70.2 Å². The van der Waals surface area contributed by atoms with Crippen LogP contribution in [0.4, 0.5) is 14.9 Å². The lowest BCUT2D eigenvalue weighted by Gasteiger charge is -2.39. The van der Waals surface area contributed by atoms with Crippen molar-refractivity contribution in [1.82, 2.24) is 0 Å². The number of nitrogens with one attached hydrogen (secondary N) is 1. The number of rotatable bonds is 3. The van der Waals surface area contributed by atoms with Crippen molar-refractivity contribution in [3.05, 3.63) is 29.6 Å². The summed E-state index contributed by atoms with van der Waals surface area (Å²) in [7, 11) is 0. The topological polar surface area (TPSA) is 84.6 Å². The van der Waals surface area contributed by atoms with E-state index in [9.17, 15) is 14.3 Å². The van der Waals surface area contributed by atoms with Crippen LogP contribution in [0, 0.1) is 5.82 Å². The average molecular weight is 338 g/mol. The summed E-state index contributed by atoms with van der Waals surface area (Å²) in [5.41, 5.74) is 6.12. The quantitative estimate of drug-likeness (QED) is 0.789. The Hall–Kier alpha value is -1.66. The molecule has 0 atom stereocenters. The molecule has 0 bridgehead atoms. The molecule has 4 N–H and O–H groups in total. The van der Waals surface area contributed by atoms with Gasteiger partial charge in [0.25, 0.3) is 0 Å². The van der Waals surface area contributed by atoms with Gasteiger partial charge < -0.3 is 15.6 Å². The fraction of sp³-hybridized carbons (Fsp3) is 0.611. The molecule has 1 fully saturated rings. The van der Waals surface area contributed by atoms with Crippen molar-refractivity contribution in [2.75, 3.05) is 11.9 Å². The number of carbonyl (C=O) groups is 1. The standard InChI is InChI=1S/C18H27FN2O3/c1-17(2,3)24-16(23)21-15-5-4-12(19)10-14(15)18(11-20)8-6-13(22)7-9-18/h4-5,10,13,22H,6-9,11,20H2,1-3H3,(H,21,23). The highest BCUT2D eigenvalue weighted by Gasteiger charge is 2.37. The molecular formula is C18H27FN2O3. The van der Waals surface area contributed by atoms with E-state index in [0.717, 1.165) is 0 Å². The van der Waals surface area contributed by atoms with Crippen LogP contribution in [0.2, 0.25) is 0 Å². The number of halogens is 1. The van der Waals surface area contributed by atoms with Crippen LogP contribution in [0.15, 0.2) is 18.2 Å². The summed E-state index contributed by atoms with van der Waals surface area (Å²) in [4.78, 5) is 12.1. The van der Waals surface area contributed by atoms with E-state index in [1.165, 1.54) is 18.2 Å². The van der Waals surface area contributed by atoms with Gasteiger partial charge in [0.2, 0.25) is 0 Å². The first-order chi connectivity index (χ1) is 11.1. The number of hydrogen-bond donors (Lipinski definition) is 3. The maximum atomic E-state index is 13.9. The number of benzene rings is 1. The first kappa shape index (κ1) is 18.7. The van der Waals surface area contributed by atoms with E-state index in [4.69, 9.17) is 10.5 Å². The Morgan fingerprint density at radius 2 is 2.04 bits per heavy atom. The first-order valence-electron chi connectivity index (χ1n) is 8.33. The number of aliphatic hydroxyl groups is 1. The minimum absolute atomic E-state index is 0.326. The molecule has 0 aromatic heterocycles. The Morgan fingerprint density at radius 3 is 2.58 bits per heavy atom. The minimum atomic E-state index is -0.620. The number of anilines is 1. The lowest BCUT2D eigenvalue weighted by Crippen LogP contribution is -2.41. The lowest BCUT2D eigenvalue weighted by atomic mass is 9.68. The van der Waals surface area contributed by atoms with E-state index in [0.29, 0.717) is 43.5 Å². The number of aliphatic hydroxyl groups excluding tert-OH is 1. The van der Waals surface area contributed by atoms with Crippen LogP contribution in [0.3, 0.4) is 0 Å². The smallest absolute Gasteiger partial charge is 0.412 e. The van der Waals surface area contributed by atoms with Gasteiger partial charge in [0.15, 0.2) is 0 Å². The molecule has 1 aromatic carbocycles. The maximum Gasteiger partial charge on any atom is 0.412 e. The molecule has 0 unspecified atom stereocenters. The SMILES string of the molecule is CC(C)(C)OC(=O)Nc1ccc(F)cc1C1(CN)CCC(O)CC1. The predicted molar refractivity (Wildman–Crippen MR) is 91.5 cm³/mol. The largest absolute Gasteiger partial charge is 0.444 e. The van der Waals surface area contributed by atoms with Crippen LogP contribution in [0.5, 0.6) is 0 Å². The summed E-state index contributed by atoms with van der Waals surface area (Å²) in [5.74, 6) is -0.376. The molecule has 0 aliphatic heterocycles. The highest BCUT2D eigenvalue weighted by molar-refractivity contribution is 5.86. The van der Waals surface area contributed by atoms with E-state index in [2.05, 4.69) is 5.32 Å². The van der Waals surface area contributed by atoms with Gasteiger partial charge in [-0.3, -0.25) is 5.32 Å². The Bertz CT molecular complexity index is 590. The molecule has 1 aromatic rings. The second-order valence-electron chi connectivity index (χ2n) is 7.53. The number of ether oxygens (including phenoxy) is 1. The number of hydrogen-bond acceptors (Lipinski definition) is 4. The van der Waals surface area contributed by atoms with Gasteiger partial charge >= 0.3 is 6.09 Å². The Kier molecular flexibility index (Phi) is 5.50. The third-order valence-electron chi connectivity index (χ3n) is 4.49. The van der Waals surface area contributed by atoms with Crippen molar-refractivity contribution in [1.29, 1.82) is 0 Å². The molecule has 24 heavy (non-hydrogen) atoms. The van der Waals surface area contributed by atoms with Crippen LogP contribution in [-0.2, 0) is 10.2 Å². The van der Waals surface area contributed by atoms with E-state index >= 15 is 0 Å². The molecule has 1 amide bonds. The van der Waals surface area contributed by atoms with Crippen molar-refractivity contribution < 1.29 is 19.0 Å². The molecule has 5 nitrogen and oxygen atoms in total. The second kappa shape index (κ2) is 7.07. The van der Waals surface area contributed by atoms with E-state index < -0.39 is 17.1 Å². The fourth-order valence-electron chi connectivity index (χ4n) is 3.22. The third-order valence-corrected chi connectivity index (χ3v) is 4.49. The Labute approximate surface area is 142 Å². The molecule has 1 aliphatic rings. The Balaban J connectivity index is 2.32. The van der Waals surface area contributed by atoms with Crippen LogP contribution < -0.4 is 11.1 Å². The first-order valence-corrected chi connectivity index (χ1v) is 8.33. The highest BCUT2D eigenvalue weighted by Crippen LogP contribution is 2.42. The van der Waals surface area contributed by atoms with Crippen molar-refractivity contribution in [2.24, 2.45) is 5.73 Å². The molecule has 2 rings (SSSR count). The molecule has 0 heterocycles. The zero-order valence-corrected chi connectivity index (χ0v) is 14.6. The normalized spacial score (nSPS) is 24.5. The van der Waals surface area contributed by atoms with Gasteiger partial charge in [-0.1, -0.05) is 0 Å². The van der Waals surface area contributed by atoms with Gasteiger partial charge in [-0.15, -0.1) is 0 Å². The zero-order chi connectivity index (χ0) is 18.0. The van der Waals surface area contributed by atoms with Crippen molar-refractivity contribution >= 4 is 11.8 Å². The number of amides is 1. The average Bonchev–Trinajstić information content (AvgIpc) is 2.48. The van der Waals surface area contributed by atoms with Crippen LogP contribution >= 0.6 is 0 Å². The fourth-order valence-corrected chi connectivity index (χ4v) is 3.22. The summed E-state index contributed by atoms with van der Waals surface area (Å²) >= 11 is 0. The molecule has 1 saturated carbocycles. The van der Waals surface area contributed by atoms with Gasteiger partial charge in [-0.2, -0.15) is 0 Å². The number of nitrogens with two attached hydrogens (primary N) is 1. The molecule has 1 aliphatic carbocycles. The number of carbonyl (C=O) groups excluding carboxylic acids is 1. The van der Waals surface area contributed by atoms with Crippen LogP contribution in [0.25, 0.3) is 0 Å². The summed E-state index contributed by atoms with van der Waals surface area (Å²) in [6.07, 6.45) is 1.59.